The Kier molecular flexibility index (Phi) is 11.8. The molecule has 264 valence electrons. The van der Waals surface area contributed by atoms with Crippen LogP contribution in [0.2, 0.25) is 0 Å². The van der Waals surface area contributed by atoms with Crippen molar-refractivity contribution < 1.29 is 18.9 Å². The molecule has 0 atom stereocenters. The fourth-order valence-corrected chi connectivity index (χ4v) is 14.4. The normalized spacial score (nSPS) is 12.9. The van der Waals surface area contributed by atoms with Gasteiger partial charge < -0.3 is 0 Å². The van der Waals surface area contributed by atoms with Crippen molar-refractivity contribution in [3.63, 3.8) is 0 Å². The monoisotopic (exact) mass is 734 g/mol. The molecule has 8 aromatic rings. The first kappa shape index (κ1) is 40.8. The van der Waals surface area contributed by atoms with Crippen molar-refractivity contribution in [2.24, 2.45) is 0 Å². The summed E-state index contributed by atoms with van der Waals surface area (Å²) in [6.45, 7) is 27.7. The van der Waals surface area contributed by atoms with Crippen LogP contribution in [-0.2, 0) is 0 Å². The van der Waals surface area contributed by atoms with E-state index in [0.29, 0.717) is 0 Å². The van der Waals surface area contributed by atoms with Crippen molar-refractivity contribution in [2.75, 3.05) is 0 Å². The van der Waals surface area contributed by atoms with Crippen molar-refractivity contribution in [2.45, 2.75) is 104 Å². The summed E-state index contributed by atoms with van der Waals surface area (Å²) in [5, 5.41) is 18.9. The minimum Gasteiger partial charge on any atom is -0.146 e. The Morgan fingerprint density at radius 1 is 0.423 bits per heavy atom. The Bertz CT molecular complexity index is 2260. The molecule has 0 aliphatic carbocycles. The van der Waals surface area contributed by atoms with Crippen molar-refractivity contribution in [3.8, 4) is 0 Å². The molecular weight excluding hydrogens is 681 g/mol. The van der Waals surface area contributed by atoms with Gasteiger partial charge in [-0.05, 0) is 74.4 Å². The van der Waals surface area contributed by atoms with Gasteiger partial charge in [0.2, 0.25) is 0 Å². The Balaban J connectivity index is 0.000000166. The first-order valence-corrected chi connectivity index (χ1v) is 21.8. The summed E-state index contributed by atoms with van der Waals surface area (Å²) in [7, 11) is -0.705. The summed E-state index contributed by atoms with van der Waals surface area (Å²) in [6, 6.07) is 43.3. The zero-order valence-corrected chi connectivity index (χ0v) is 36.2. The molecule has 0 saturated heterocycles. The van der Waals surface area contributed by atoms with E-state index in [1.54, 1.807) is 5.30 Å². The quantitative estimate of drug-likeness (QED) is 0.0682. The Morgan fingerprint density at radius 2 is 0.808 bits per heavy atom. The Hall–Kier alpha value is -2.41. The van der Waals surface area contributed by atoms with Gasteiger partial charge in [0, 0.05) is 7.27 Å². The first-order valence-electron chi connectivity index (χ1n) is 18.2. The summed E-state index contributed by atoms with van der Waals surface area (Å²) in [6.07, 6.45) is 0. The van der Waals surface area contributed by atoms with Crippen LogP contribution in [0.4, 0.5) is 0 Å². The van der Waals surface area contributed by atoms with E-state index in [4.69, 9.17) is 11.2 Å². The molecule has 0 aromatic heterocycles. The molecule has 0 aliphatic rings. The van der Waals surface area contributed by atoms with Gasteiger partial charge in [-0.3, -0.25) is 0 Å². The second kappa shape index (κ2) is 15.0. The third-order valence-electron chi connectivity index (χ3n) is 9.58. The smallest absolute Gasteiger partial charge is 0.146 e. The van der Waals surface area contributed by atoms with E-state index >= 15 is 0 Å². The van der Waals surface area contributed by atoms with E-state index in [9.17, 15) is 0 Å². The van der Waals surface area contributed by atoms with Crippen LogP contribution < -0.4 is 24.2 Å². The van der Waals surface area contributed by atoms with Gasteiger partial charge in [0.25, 0.3) is 0 Å². The average Bonchev–Trinajstić information content (AvgIpc) is 3.05. The van der Waals surface area contributed by atoms with E-state index in [2.05, 4.69) is 192 Å². The maximum Gasteiger partial charge on any atom is 1.00 e. The second-order valence-electron chi connectivity index (χ2n) is 17.9. The molecule has 8 rings (SSSR count). The molecule has 0 unspecified atom stereocenters. The predicted molar refractivity (Wildman–Crippen MR) is 237 cm³/mol. The molecule has 0 radical (unpaired) electrons. The fourth-order valence-electron chi connectivity index (χ4n) is 8.24. The number of rotatable bonds is 1. The minimum atomic E-state index is -0.390. The Labute approximate surface area is 332 Å². The largest absolute Gasteiger partial charge is 1.00 e. The number of hydrogen-bond donors (Lipinski definition) is 0. The third-order valence-corrected chi connectivity index (χ3v) is 18.5. The average molecular weight is 735 g/mol. The Morgan fingerprint density at radius 3 is 1.25 bits per heavy atom. The zero-order chi connectivity index (χ0) is 37.1. The van der Waals surface area contributed by atoms with Crippen molar-refractivity contribution >= 4 is 96.4 Å². The molecule has 0 saturated carbocycles. The van der Waals surface area contributed by atoms with Gasteiger partial charge >= 0.3 is 18.9 Å². The third kappa shape index (κ3) is 8.15. The molecule has 0 N–H and O–H groups in total. The maximum atomic E-state index is 6.30. The van der Waals surface area contributed by atoms with Gasteiger partial charge in [-0.1, -0.05) is 199 Å². The van der Waals surface area contributed by atoms with Crippen LogP contribution in [-0.4, -0.2) is 20.6 Å². The van der Waals surface area contributed by atoms with Gasteiger partial charge in [0.1, 0.15) is 0 Å². The molecule has 0 heterocycles. The van der Waals surface area contributed by atoms with Crippen LogP contribution in [0.3, 0.4) is 0 Å². The molecule has 0 fully saturated rings. The summed E-state index contributed by atoms with van der Waals surface area (Å²) < 4.78 is 0. The zero-order valence-electron chi connectivity index (χ0n) is 33.7. The molecule has 0 amide bonds. The summed E-state index contributed by atoms with van der Waals surface area (Å²) >= 11 is 6.30. The van der Waals surface area contributed by atoms with E-state index in [-0.39, 0.29) is 47.4 Å². The van der Waals surface area contributed by atoms with Crippen LogP contribution in [0.5, 0.6) is 0 Å². The van der Waals surface area contributed by atoms with Gasteiger partial charge in [0.05, 0.1) is 0 Å². The maximum absolute atomic E-state index is 6.30. The molecular formula is C48H54ClLiP2. The molecule has 4 heteroatoms. The molecule has 0 aliphatic heterocycles. The van der Waals surface area contributed by atoms with Crippen LogP contribution in [0.15, 0.2) is 109 Å². The van der Waals surface area contributed by atoms with Crippen molar-refractivity contribution in [3.05, 3.63) is 115 Å². The summed E-state index contributed by atoms with van der Waals surface area (Å²) in [5.41, 5.74) is 0. The van der Waals surface area contributed by atoms with Crippen LogP contribution in [0, 0.1) is 6.07 Å². The second-order valence-corrected chi connectivity index (χ2v) is 26.0. The van der Waals surface area contributed by atoms with Gasteiger partial charge in [-0.15, -0.1) is 35.0 Å². The molecule has 8 aromatic carbocycles. The fraction of sp³-hybridized carbons (Fsp3) is 0.333. The van der Waals surface area contributed by atoms with E-state index in [0.717, 1.165) is 0 Å². The molecule has 52 heavy (non-hydrogen) atoms. The summed E-state index contributed by atoms with van der Waals surface area (Å²) in [4.78, 5) is 0. The number of benzene rings is 8. The standard InChI is InChI=1S/C24H27P.C16H9.C8H18ClP.Li/c1-23(2,3)25(24(4,5)6)20-15-13-18-11-10-16-8-7-9-17-12-14-19(20)22(18)21(16)17;1-3-11-7-9-13-5-2-6-14-10-8-12(4-1)15(11)16(13)14;1-7(2,3)10(9)8(4,5)6;/h7-15H,1-6H3;1-5,7-10H;1-6H3;/q;-1;;+1. The molecule has 0 nitrogen and oxygen atoms in total. The SMILES string of the molecule is CC(C)(C)P(Cl)C(C)(C)C.CC(C)(C)P(c1ccc2ccc3cccc4ccc1c2c34)C(C)(C)C.[Li+].[c-]1ccc2ccc3cccc4ccc1c2c43. The number of hydrogen-bond acceptors (Lipinski definition) is 0. The van der Waals surface area contributed by atoms with Crippen LogP contribution in [0.1, 0.15) is 83.1 Å². The topological polar surface area (TPSA) is 0 Å². The first-order chi connectivity index (χ1) is 23.8. The van der Waals surface area contributed by atoms with E-state index in [1.807, 2.05) is 6.07 Å². The van der Waals surface area contributed by atoms with Crippen molar-refractivity contribution in [1.29, 1.82) is 0 Å². The van der Waals surface area contributed by atoms with Gasteiger partial charge in [-0.2, -0.15) is 0 Å². The van der Waals surface area contributed by atoms with Crippen molar-refractivity contribution in [1.82, 2.24) is 0 Å². The molecule has 0 bridgehead atoms. The van der Waals surface area contributed by atoms with Gasteiger partial charge in [0.15, 0.2) is 0 Å². The summed E-state index contributed by atoms with van der Waals surface area (Å²) in [5.74, 6) is 0. The van der Waals surface area contributed by atoms with Crippen LogP contribution >= 0.6 is 26.4 Å². The predicted octanol–water partition coefficient (Wildman–Crippen LogP) is 12.9. The number of halogens is 1. The minimum absolute atomic E-state index is 0. The van der Waals surface area contributed by atoms with E-state index in [1.165, 1.54) is 64.6 Å². The van der Waals surface area contributed by atoms with E-state index < -0.39 is 7.27 Å². The molecule has 0 spiro atoms. The van der Waals surface area contributed by atoms with Gasteiger partial charge in [-0.25, -0.2) is 0 Å². The van der Waals surface area contributed by atoms with Crippen LogP contribution in [0.25, 0.3) is 64.6 Å².